The van der Waals surface area contributed by atoms with E-state index in [0.717, 1.165) is 28.1 Å². The molecule has 3 heterocycles. The number of phenols is 2. The molecule has 0 unspecified atom stereocenters. The minimum atomic E-state index is -0.353. The summed E-state index contributed by atoms with van der Waals surface area (Å²) in [5.41, 5.74) is 5.07. The van der Waals surface area contributed by atoms with Crippen LogP contribution in [0.4, 0.5) is 11.5 Å². The Kier molecular flexibility index (Phi) is 4.97. The Bertz CT molecular complexity index is 1340. The number of aromatic nitrogens is 3. The van der Waals surface area contributed by atoms with E-state index in [1.165, 1.54) is 12.1 Å². The average Bonchev–Trinajstić information content (AvgIpc) is 3.37. The number of aryl methyl sites for hydroxylation is 2. The van der Waals surface area contributed by atoms with Gasteiger partial charge in [0.2, 0.25) is 0 Å². The zero-order valence-corrected chi connectivity index (χ0v) is 18.3. The van der Waals surface area contributed by atoms with Gasteiger partial charge in [0.25, 0.3) is 5.91 Å². The number of nitrogens with zero attached hydrogens (tertiary/aromatic N) is 4. The van der Waals surface area contributed by atoms with Crippen LogP contribution in [0.25, 0.3) is 11.3 Å². The Morgan fingerprint density at radius 3 is 2.61 bits per heavy atom. The van der Waals surface area contributed by atoms with Gasteiger partial charge in [-0.3, -0.25) is 14.5 Å². The Labute approximate surface area is 190 Å². The molecule has 4 aromatic rings. The number of benzene rings is 2. The molecule has 166 valence electrons. The standard InChI is InChI=1S/C25H23N5O3/c1-15-5-7-16(8-6-15)19-12-23(29(2)28-19)27-20-10-18(31)11-22(32)24(20)25(33)30-13-17-4-3-9-26-21(17)14-30/h3-12,27,31-32H,13-14H2,1-2H3. The summed E-state index contributed by atoms with van der Waals surface area (Å²) < 4.78 is 1.65. The van der Waals surface area contributed by atoms with Crippen LogP contribution in [0.1, 0.15) is 27.2 Å². The lowest BCUT2D eigenvalue weighted by Crippen LogP contribution is -2.26. The first kappa shape index (κ1) is 20.6. The summed E-state index contributed by atoms with van der Waals surface area (Å²) >= 11 is 0. The Morgan fingerprint density at radius 2 is 1.85 bits per heavy atom. The van der Waals surface area contributed by atoms with E-state index < -0.39 is 0 Å². The molecule has 0 aliphatic carbocycles. The Morgan fingerprint density at radius 1 is 1.06 bits per heavy atom. The van der Waals surface area contributed by atoms with E-state index >= 15 is 0 Å². The van der Waals surface area contributed by atoms with Crippen LogP contribution in [0, 0.1) is 6.92 Å². The molecule has 0 atom stereocenters. The van der Waals surface area contributed by atoms with E-state index in [9.17, 15) is 15.0 Å². The molecule has 2 aromatic heterocycles. The minimum Gasteiger partial charge on any atom is -0.508 e. The normalized spacial score (nSPS) is 12.6. The van der Waals surface area contributed by atoms with Gasteiger partial charge in [0, 0.05) is 43.6 Å². The summed E-state index contributed by atoms with van der Waals surface area (Å²) in [6.45, 7) is 2.79. The number of rotatable bonds is 4. The van der Waals surface area contributed by atoms with E-state index in [1.54, 1.807) is 22.8 Å². The Balaban J connectivity index is 1.47. The van der Waals surface area contributed by atoms with E-state index in [1.807, 2.05) is 49.4 Å². The van der Waals surface area contributed by atoms with Crippen molar-refractivity contribution in [3.8, 4) is 22.8 Å². The minimum absolute atomic E-state index is 0.0821. The number of pyridine rings is 1. The largest absolute Gasteiger partial charge is 0.508 e. The Hall–Kier alpha value is -4.33. The molecule has 3 N–H and O–H groups in total. The summed E-state index contributed by atoms with van der Waals surface area (Å²) in [6, 6.07) is 16.3. The molecule has 0 spiro atoms. The quantitative estimate of drug-likeness (QED) is 0.441. The number of anilines is 2. The van der Waals surface area contributed by atoms with E-state index in [2.05, 4.69) is 15.4 Å². The number of phenolic OH excluding ortho intramolecular Hbond substituents is 2. The van der Waals surface area contributed by atoms with E-state index in [4.69, 9.17) is 0 Å². The van der Waals surface area contributed by atoms with Gasteiger partial charge in [0.15, 0.2) is 0 Å². The lowest BCUT2D eigenvalue weighted by molar-refractivity contribution is 0.0748. The van der Waals surface area contributed by atoms with Crippen molar-refractivity contribution in [3.63, 3.8) is 0 Å². The summed E-state index contributed by atoms with van der Waals surface area (Å²) in [6.07, 6.45) is 1.70. The smallest absolute Gasteiger partial charge is 0.260 e. The fourth-order valence-electron chi connectivity index (χ4n) is 4.02. The van der Waals surface area contributed by atoms with E-state index in [-0.39, 0.29) is 23.0 Å². The summed E-state index contributed by atoms with van der Waals surface area (Å²) in [4.78, 5) is 19.4. The number of amides is 1. The predicted molar refractivity (Wildman–Crippen MR) is 124 cm³/mol. The molecule has 0 fully saturated rings. The molecule has 1 amide bonds. The molecule has 1 aliphatic rings. The maximum absolute atomic E-state index is 13.4. The lowest BCUT2D eigenvalue weighted by atomic mass is 10.1. The number of carbonyl (C=O) groups excluding carboxylic acids is 1. The molecule has 33 heavy (non-hydrogen) atoms. The van der Waals surface area contributed by atoms with Gasteiger partial charge in [0.1, 0.15) is 22.9 Å². The first-order chi connectivity index (χ1) is 15.9. The fourth-order valence-corrected chi connectivity index (χ4v) is 4.02. The number of hydrogen-bond acceptors (Lipinski definition) is 6. The number of nitrogens with one attached hydrogen (secondary N) is 1. The molecule has 0 saturated heterocycles. The van der Waals surface area contributed by atoms with Crippen molar-refractivity contribution in [1.29, 1.82) is 0 Å². The van der Waals surface area contributed by atoms with Crippen LogP contribution in [0.15, 0.2) is 60.8 Å². The summed E-state index contributed by atoms with van der Waals surface area (Å²) in [5.74, 6) is -0.198. The van der Waals surface area contributed by atoms with Crippen LogP contribution in [-0.2, 0) is 20.1 Å². The highest BCUT2D eigenvalue weighted by atomic mass is 16.3. The molecule has 8 heteroatoms. The van der Waals surface area contributed by atoms with Crippen molar-refractivity contribution in [1.82, 2.24) is 19.7 Å². The second-order valence-electron chi connectivity index (χ2n) is 8.19. The van der Waals surface area contributed by atoms with Crippen molar-refractivity contribution < 1.29 is 15.0 Å². The highest BCUT2D eigenvalue weighted by Crippen LogP contribution is 2.36. The van der Waals surface area contributed by atoms with Crippen LogP contribution in [0.3, 0.4) is 0 Å². The second kappa shape index (κ2) is 7.98. The van der Waals surface area contributed by atoms with Crippen LogP contribution in [0.5, 0.6) is 11.5 Å². The predicted octanol–water partition coefficient (Wildman–Crippen LogP) is 4.10. The number of hydrogen-bond donors (Lipinski definition) is 3. The second-order valence-corrected chi connectivity index (χ2v) is 8.19. The van der Waals surface area contributed by atoms with Crippen molar-refractivity contribution in [2.45, 2.75) is 20.0 Å². The first-order valence-corrected chi connectivity index (χ1v) is 10.5. The number of aromatic hydroxyl groups is 2. The van der Waals surface area contributed by atoms with Crippen molar-refractivity contribution in [2.75, 3.05) is 5.32 Å². The molecule has 1 aliphatic heterocycles. The van der Waals surface area contributed by atoms with E-state index in [0.29, 0.717) is 24.6 Å². The van der Waals surface area contributed by atoms with Gasteiger partial charge < -0.3 is 20.4 Å². The average molecular weight is 441 g/mol. The van der Waals surface area contributed by atoms with Gasteiger partial charge in [-0.25, -0.2) is 0 Å². The van der Waals surface area contributed by atoms with Crippen LogP contribution in [0.2, 0.25) is 0 Å². The molecule has 2 aromatic carbocycles. The molecule has 0 radical (unpaired) electrons. The SMILES string of the molecule is Cc1ccc(-c2cc(Nc3cc(O)cc(O)c3C(=O)N3Cc4cccnc4C3)n(C)n2)cc1. The van der Waals surface area contributed by atoms with Gasteiger partial charge >= 0.3 is 0 Å². The summed E-state index contributed by atoms with van der Waals surface area (Å²) in [7, 11) is 1.78. The zero-order valence-electron chi connectivity index (χ0n) is 18.3. The highest BCUT2D eigenvalue weighted by Gasteiger charge is 2.29. The third kappa shape index (κ3) is 3.87. The molecule has 0 saturated carbocycles. The molecule has 8 nitrogen and oxygen atoms in total. The molecule has 0 bridgehead atoms. The van der Waals surface area contributed by atoms with Crippen LogP contribution < -0.4 is 5.32 Å². The monoisotopic (exact) mass is 441 g/mol. The van der Waals surface area contributed by atoms with Gasteiger partial charge in [-0.05, 0) is 18.6 Å². The molecular formula is C25H23N5O3. The van der Waals surface area contributed by atoms with Crippen LogP contribution in [-0.4, -0.2) is 35.8 Å². The maximum atomic E-state index is 13.4. The van der Waals surface area contributed by atoms with Crippen LogP contribution >= 0.6 is 0 Å². The molecule has 5 rings (SSSR count). The van der Waals surface area contributed by atoms with Gasteiger partial charge in [-0.15, -0.1) is 0 Å². The van der Waals surface area contributed by atoms with Gasteiger partial charge in [-0.2, -0.15) is 5.10 Å². The number of fused-ring (bicyclic) bond motifs is 1. The zero-order chi connectivity index (χ0) is 23.1. The van der Waals surface area contributed by atoms with Crippen molar-refractivity contribution >= 4 is 17.4 Å². The third-order valence-electron chi connectivity index (χ3n) is 5.78. The van der Waals surface area contributed by atoms with Gasteiger partial charge in [-0.1, -0.05) is 35.9 Å². The highest BCUT2D eigenvalue weighted by molar-refractivity contribution is 6.03. The first-order valence-electron chi connectivity index (χ1n) is 10.5. The van der Waals surface area contributed by atoms with Gasteiger partial charge in [0.05, 0.1) is 23.6 Å². The molecular weight excluding hydrogens is 418 g/mol. The number of carbonyl (C=O) groups is 1. The van der Waals surface area contributed by atoms with Crippen molar-refractivity contribution in [2.24, 2.45) is 7.05 Å². The lowest BCUT2D eigenvalue weighted by Gasteiger charge is -2.19. The maximum Gasteiger partial charge on any atom is 0.260 e. The third-order valence-corrected chi connectivity index (χ3v) is 5.78. The topological polar surface area (TPSA) is 104 Å². The fraction of sp³-hybridized carbons (Fsp3) is 0.160. The summed E-state index contributed by atoms with van der Waals surface area (Å²) in [5, 5.41) is 28.4. The van der Waals surface area contributed by atoms with Crippen molar-refractivity contribution in [3.05, 3.63) is 83.2 Å².